The number of hydrogen-bond donors (Lipinski definition) is 1. The van der Waals surface area contributed by atoms with Gasteiger partial charge in [-0.1, -0.05) is 0 Å². The molecule has 1 rings (SSSR count). The summed E-state index contributed by atoms with van der Waals surface area (Å²) in [4.78, 5) is 58.7. The zero-order valence-electron chi connectivity index (χ0n) is 18.3. The number of amides is 2. The minimum Gasteiger partial charge on any atom is -0.480 e. The quantitative estimate of drug-likeness (QED) is 0.226. The van der Waals surface area contributed by atoms with Crippen LogP contribution in [0.1, 0.15) is 52.9 Å². The summed E-state index contributed by atoms with van der Waals surface area (Å²) in [6.45, 7) is 6.57. The van der Waals surface area contributed by atoms with Gasteiger partial charge in [0.05, 0.1) is 26.2 Å². The van der Waals surface area contributed by atoms with Gasteiger partial charge in [-0.15, -0.1) is 0 Å². The van der Waals surface area contributed by atoms with E-state index in [0.717, 1.165) is 12.2 Å². The molecule has 0 aromatic rings. The van der Waals surface area contributed by atoms with Crippen molar-refractivity contribution in [2.75, 3.05) is 26.4 Å². The maximum atomic E-state index is 12.0. The van der Waals surface area contributed by atoms with E-state index in [0.29, 0.717) is 31.1 Å². The Morgan fingerprint density at radius 1 is 0.935 bits per heavy atom. The molecule has 0 saturated carbocycles. The first-order chi connectivity index (χ1) is 14.5. The third kappa shape index (κ3) is 10.8. The molecule has 0 spiro atoms. The summed E-state index contributed by atoms with van der Waals surface area (Å²) in [5, 5.41) is 9.25. The van der Waals surface area contributed by atoms with E-state index in [2.05, 4.69) is 0 Å². The number of nitrogens with zero attached hydrogens (tertiary/aromatic N) is 1. The molecule has 31 heavy (non-hydrogen) atoms. The standard InChI is InChI=1S/C21H31NO9/c1-21(2,3)31-19(26)10-12-30-14-13-29-11-4-5-15(23)6-7-16(20(27)28)22-17(24)8-9-18(22)25/h8-9,16H,4-7,10-14H2,1-3H3,(H,27,28)/t16-/m0/s1. The van der Waals surface area contributed by atoms with Crippen LogP contribution in [-0.4, -0.2) is 77.6 Å². The Hall–Kier alpha value is -2.59. The van der Waals surface area contributed by atoms with E-state index >= 15 is 0 Å². The number of hydrogen-bond acceptors (Lipinski definition) is 8. The van der Waals surface area contributed by atoms with Gasteiger partial charge in [-0.3, -0.25) is 24.1 Å². The average molecular weight is 441 g/mol. The Morgan fingerprint density at radius 3 is 2.06 bits per heavy atom. The van der Waals surface area contributed by atoms with Gasteiger partial charge in [0.1, 0.15) is 17.4 Å². The minimum atomic E-state index is -1.35. The number of carbonyl (C=O) groups is 5. The molecule has 0 radical (unpaired) electrons. The largest absolute Gasteiger partial charge is 0.480 e. The zero-order valence-corrected chi connectivity index (χ0v) is 18.3. The van der Waals surface area contributed by atoms with Gasteiger partial charge in [0.25, 0.3) is 11.8 Å². The lowest BCUT2D eigenvalue weighted by Crippen LogP contribution is -2.45. The van der Waals surface area contributed by atoms with Gasteiger partial charge in [0.2, 0.25) is 0 Å². The smallest absolute Gasteiger partial charge is 0.326 e. The molecule has 10 nitrogen and oxygen atoms in total. The second-order valence-corrected chi connectivity index (χ2v) is 7.98. The summed E-state index contributed by atoms with van der Waals surface area (Å²) in [5.41, 5.74) is -0.521. The number of esters is 1. The van der Waals surface area contributed by atoms with E-state index < -0.39 is 29.4 Å². The van der Waals surface area contributed by atoms with Gasteiger partial charge in [0, 0.05) is 31.6 Å². The number of carbonyl (C=O) groups excluding carboxylic acids is 4. The predicted molar refractivity (Wildman–Crippen MR) is 108 cm³/mol. The topological polar surface area (TPSA) is 137 Å². The van der Waals surface area contributed by atoms with Crippen molar-refractivity contribution >= 4 is 29.5 Å². The third-order valence-electron chi connectivity index (χ3n) is 4.12. The van der Waals surface area contributed by atoms with Crippen molar-refractivity contribution in [1.82, 2.24) is 4.90 Å². The first-order valence-corrected chi connectivity index (χ1v) is 10.2. The van der Waals surface area contributed by atoms with Crippen molar-refractivity contribution in [3.63, 3.8) is 0 Å². The predicted octanol–water partition coefficient (Wildman–Crippen LogP) is 1.26. The number of Topliss-reactive ketones (excluding diaryl/α,β-unsaturated/α-hetero) is 1. The average Bonchev–Trinajstić information content (AvgIpc) is 2.97. The lowest BCUT2D eigenvalue weighted by molar-refractivity contribution is -0.156. The molecule has 1 aliphatic heterocycles. The maximum Gasteiger partial charge on any atom is 0.326 e. The minimum absolute atomic E-state index is 0.0538. The van der Waals surface area contributed by atoms with Crippen LogP contribution in [0.5, 0.6) is 0 Å². The van der Waals surface area contributed by atoms with E-state index in [1.165, 1.54) is 0 Å². The monoisotopic (exact) mass is 441 g/mol. The molecule has 0 unspecified atom stereocenters. The molecule has 0 saturated heterocycles. The number of imide groups is 1. The molecule has 2 amide bonds. The van der Waals surface area contributed by atoms with Crippen LogP contribution >= 0.6 is 0 Å². The molecule has 174 valence electrons. The molecule has 1 heterocycles. The fourth-order valence-corrected chi connectivity index (χ4v) is 2.75. The molecular weight excluding hydrogens is 410 g/mol. The van der Waals surface area contributed by atoms with Crippen molar-refractivity contribution in [2.45, 2.75) is 64.5 Å². The summed E-state index contributed by atoms with van der Waals surface area (Å²) in [6.07, 6.45) is 2.66. The lowest BCUT2D eigenvalue weighted by atomic mass is 10.0. The Bertz CT molecular complexity index is 675. The SMILES string of the molecule is CC(C)(C)OC(=O)CCOCCOCCCC(=O)CC[C@@H](C(=O)O)N1C(=O)C=CC1=O. The van der Waals surface area contributed by atoms with E-state index in [1.54, 1.807) is 20.8 Å². The van der Waals surface area contributed by atoms with Crippen LogP contribution in [0, 0.1) is 0 Å². The lowest BCUT2D eigenvalue weighted by Gasteiger charge is -2.22. The first kappa shape index (κ1) is 26.4. The highest BCUT2D eigenvalue weighted by atomic mass is 16.6. The normalized spacial score (nSPS) is 14.7. The number of carboxylic acid groups (broad SMARTS) is 1. The number of carboxylic acids is 1. The number of ketones is 1. The fraction of sp³-hybridized carbons (Fsp3) is 0.667. The Balaban J connectivity index is 2.09. The van der Waals surface area contributed by atoms with Crippen LogP contribution in [0.15, 0.2) is 12.2 Å². The van der Waals surface area contributed by atoms with E-state index in [9.17, 15) is 29.1 Å². The van der Waals surface area contributed by atoms with Gasteiger partial charge in [-0.05, 0) is 33.6 Å². The Kier molecular flexibility index (Phi) is 11.1. The summed E-state index contributed by atoms with van der Waals surface area (Å²) < 4.78 is 15.8. The highest BCUT2D eigenvalue weighted by molar-refractivity contribution is 6.14. The molecule has 1 N–H and O–H groups in total. The van der Waals surface area contributed by atoms with Gasteiger partial charge >= 0.3 is 11.9 Å². The molecule has 1 aliphatic rings. The van der Waals surface area contributed by atoms with Gasteiger partial charge in [-0.2, -0.15) is 0 Å². The van der Waals surface area contributed by atoms with Crippen LogP contribution < -0.4 is 0 Å². The fourth-order valence-electron chi connectivity index (χ4n) is 2.75. The summed E-state index contributed by atoms with van der Waals surface area (Å²) in [7, 11) is 0. The number of aliphatic carboxylic acids is 1. The van der Waals surface area contributed by atoms with Crippen LogP contribution in [0.2, 0.25) is 0 Å². The van der Waals surface area contributed by atoms with Gasteiger partial charge < -0.3 is 19.3 Å². The Labute approximate surface area is 181 Å². The summed E-state index contributed by atoms with van der Waals surface area (Å²) in [5.74, 6) is -3.20. The highest BCUT2D eigenvalue weighted by Gasteiger charge is 2.35. The zero-order chi connectivity index (χ0) is 23.4. The van der Waals surface area contributed by atoms with Crippen LogP contribution in [0.25, 0.3) is 0 Å². The van der Waals surface area contributed by atoms with Crippen molar-refractivity contribution in [3.05, 3.63) is 12.2 Å². The first-order valence-electron chi connectivity index (χ1n) is 10.2. The summed E-state index contributed by atoms with van der Waals surface area (Å²) >= 11 is 0. The molecule has 0 aromatic heterocycles. The molecule has 0 bridgehead atoms. The third-order valence-corrected chi connectivity index (χ3v) is 4.12. The molecule has 0 aliphatic carbocycles. The van der Waals surface area contributed by atoms with Gasteiger partial charge in [-0.25, -0.2) is 4.79 Å². The van der Waals surface area contributed by atoms with Gasteiger partial charge in [0.15, 0.2) is 0 Å². The van der Waals surface area contributed by atoms with E-state index in [1.807, 2.05) is 0 Å². The van der Waals surface area contributed by atoms with Crippen LogP contribution in [-0.2, 0) is 38.2 Å². The molecule has 10 heteroatoms. The number of ether oxygens (including phenoxy) is 3. The Morgan fingerprint density at radius 2 is 1.52 bits per heavy atom. The maximum absolute atomic E-state index is 12.0. The van der Waals surface area contributed by atoms with Crippen molar-refractivity contribution in [1.29, 1.82) is 0 Å². The van der Waals surface area contributed by atoms with E-state index in [4.69, 9.17) is 14.2 Å². The molecular formula is C21H31NO9. The van der Waals surface area contributed by atoms with Crippen LogP contribution in [0.4, 0.5) is 0 Å². The highest BCUT2D eigenvalue weighted by Crippen LogP contribution is 2.15. The molecule has 0 fully saturated rings. The number of rotatable bonds is 15. The van der Waals surface area contributed by atoms with Crippen molar-refractivity contribution < 1.29 is 43.3 Å². The van der Waals surface area contributed by atoms with Crippen LogP contribution in [0.3, 0.4) is 0 Å². The summed E-state index contributed by atoms with van der Waals surface area (Å²) in [6, 6.07) is -1.35. The molecule has 0 aromatic carbocycles. The van der Waals surface area contributed by atoms with E-state index in [-0.39, 0.29) is 44.0 Å². The second-order valence-electron chi connectivity index (χ2n) is 7.98. The van der Waals surface area contributed by atoms with Crippen molar-refractivity contribution in [3.8, 4) is 0 Å². The van der Waals surface area contributed by atoms with Crippen molar-refractivity contribution in [2.24, 2.45) is 0 Å². The molecule has 1 atom stereocenters. The second kappa shape index (κ2) is 13.0.